The number of aromatic nitrogens is 2. The molecule has 0 amide bonds. The van der Waals surface area contributed by atoms with E-state index in [-0.39, 0.29) is 11.4 Å². The quantitative estimate of drug-likeness (QED) is 0.888. The summed E-state index contributed by atoms with van der Waals surface area (Å²) in [4.78, 5) is 11.0. The van der Waals surface area contributed by atoms with Crippen LogP contribution in [0.15, 0.2) is 36.5 Å². The van der Waals surface area contributed by atoms with E-state index in [0.717, 1.165) is 0 Å². The normalized spacial score (nSPS) is 9.95. The van der Waals surface area contributed by atoms with Gasteiger partial charge in [0.2, 0.25) is 0 Å². The zero-order chi connectivity index (χ0) is 13.7. The second kappa shape index (κ2) is 5.81. The molecule has 0 aliphatic heterocycles. The fraction of sp³-hybridized carbons (Fsp3) is 0.154. The van der Waals surface area contributed by atoms with Crippen LogP contribution in [0.25, 0.3) is 0 Å². The van der Waals surface area contributed by atoms with Crippen molar-refractivity contribution in [1.29, 1.82) is 0 Å². The van der Waals surface area contributed by atoms with Crippen LogP contribution in [0.5, 0.6) is 17.4 Å². The summed E-state index contributed by atoms with van der Waals surface area (Å²) in [6, 6.07) is 8.20. The standard InChI is InChI=1S/C13H12N2O4/c1-2-18-9-4-3-5-10(8-9)19-12-11(13(16)17)6-7-14-15-12/h3-8H,2H2,1H3,(H,16,17). The van der Waals surface area contributed by atoms with Gasteiger partial charge < -0.3 is 14.6 Å². The van der Waals surface area contributed by atoms with Gasteiger partial charge in [0.25, 0.3) is 5.88 Å². The molecule has 0 bridgehead atoms. The first-order valence-electron chi connectivity index (χ1n) is 5.66. The topological polar surface area (TPSA) is 81.5 Å². The van der Waals surface area contributed by atoms with Crippen molar-refractivity contribution in [1.82, 2.24) is 10.2 Å². The van der Waals surface area contributed by atoms with Crippen molar-refractivity contribution in [2.24, 2.45) is 0 Å². The van der Waals surface area contributed by atoms with Crippen molar-refractivity contribution >= 4 is 5.97 Å². The minimum absolute atomic E-state index is 0.0446. The van der Waals surface area contributed by atoms with E-state index in [1.807, 2.05) is 6.92 Å². The van der Waals surface area contributed by atoms with Crippen LogP contribution in [0.1, 0.15) is 17.3 Å². The van der Waals surface area contributed by atoms with Crippen molar-refractivity contribution in [2.45, 2.75) is 6.92 Å². The molecule has 6 heteroatoms. The highest BCUT2D eigenvalue weighted by molar-refractivity contribution is 5.90. The molecule has 1 N–H and O–H groups in total. The Morgan fingerprint density at radius 3 is 2.84 bits per heavy atom. The molecule has 0 atom stereocenters. The number of carbonyl (C=O) groups is 1. The largest absolute Gasteiger partial charge is 0.494 e. The molecule has 0 saturated heterocycles. The highest BCUT2D eigenvalue weighted by Gasteiger charge is 2.13. The summed E-state index contributed by atoms with van der Waals surface area (Å²) in [5.41, 5.74) is -0.0446. The Morgan fingerprint density at radius 1 is 1.32 bits per heavy atom. The third kappa shape index (κ3) is 3.19. The maximum Gasteiger partial charge on any atom is 0.341 e. The maximum absolute atomic E-state index is 11.0. The number of hydrogen-bond donors (Lipinski definition) is 1. The molecule has 0 radical (unpaired) electrons. The minimum atomic E-state index is -1.12. The van der Waals surface area contributed by atoms with E-state index >= 15 is 0 Å². The number of hydrogen-bond acceptors (Lipinski definition) is 5. The molecule has 1 heterocycles. The highest BCUT2D eigenvalue weighted by Crippen LogP contribution is 2.25. The van der Waals surface area contributed by atoms with Gasteiger partial charge in [-0.3, -0.25) is 0 Å². The van der Waals surface area contributed by atoms with Gasteiger partial charge in [0.1, 0.15) is 17.1 Å². The van der Waals surface area contributed by atoms with E-state index in [4.69, 9.17) is 14.6 Å². The molecule has 1 aromatic heterocycles. The molecule has 0 fully saturated rings. The van der Waals surface area contributed by atoms with E-state index in [0.29, 0.717) is 18.1 Å². The Bertz CT molecular complexity index is 586. The van der Waals surface area contributed by atoms with Gasteiger partial charge in [0.05, 0.1) is 12.8 Å². The summed E-state index contributed by atoms with van der Waals surface area (Å²) in [7, 11) is 0. The van der Waals surface area contributed by atoms with Crippen LogP contribution in [0.3, 0.4) is 0 Å². The number of carboxylic acids is 1. The van der Waals surface area contributed by atoms with E-state index in [2.05, 4.69) is 10.2 Å². The average Bonchev–Trinajstić information content (AvgIpc) is 2.40. The Kier molecular flexibility index (Phi) is 3.92. The fourth-order valence-electron chi connectivity index (χ4n) is 1.46. The Morgan fingerprint density at radius 2 is 2.11 bits per heavy atom. The Hall–Kier alpha value is -2.63. The van der Waals surface area contributed by atoms with Gasteiger partial charge >= 0.3 is 5.97 Å². The highest BCUT2D eigenvalue weighted by atomic mass is 16.5. The second-order valence-electron chi connectivity index (χ2n) is 3.57. The van der Waals surface area contributed by atoms with Crippen LogP contribution >= 0.6 is 0 Å². The third-order valence-electron chi connectivity index (χ3n) is 2.25. The molecule has 6 nitrogen and oxygen atoms in total. The summed E-state index contributed by atoms with van der Waals surface area (Å²) in [6.45, 7) is 2.41. The predicted octanol–water partition coefficient (Wildman–Crippen LogP) is 2.37. The molecule has 2 aromatic rings. The summed E-state index contributed by atoms with van der Waals surface area (Å²) in [5.74, 6) is -0.0933. The van der Waals surface area contributed by atoms with Crippen LogP contribution in [-0.2, 0) is 0 Å². The molecule has 98 valence electrons. The van der Waals surface area contributed by atoms with Crippen molar-refractivity contribution in [2.75, 3.05) is 6.61 Å². The molecule has 0 spiro atoms. The maximum atomic E-state index is 11.0. The van der Waals surface area contributed by atoms with Crippen LogP contribution in [0.2, 0.25) is 0 Å². The van der Waals surface area contributed by atoms with E-state index in [1.54, 1.807) is 24.3 Å². The molecule has 0 saturated carbocycles. The first kappa shape index (κ1) is 12.8. The molecular weight excluding hydrogens is 248 g/mol. The zero-order valence-corrected chi connectivity index (χ0v) is 10.2. The lowest BCUT2D eigenvalue weighted by atomic mass is 10.3. The van der Waals surface area contributed by atoms with Crippen molar-refractivity contribution in [3.05, 3.63) is 42.1 Å². The Labute approximate surface area is 109 Å². The fourth-order valence-corrected chi connectivity index (χ4v) is 1.46. The summed E-state index contributed by atoms with van der Waals surface area (Å²) < 4.78 is 10.8. The lowest BCUT2D eigenvalue weighted by Gasteiger charge is -2.08. The van der Waals surface area contributed by atoms with Gasteiger partial charge in [-0.05, 0) is 25.1 Å². The van der Waals surface area contributed by atoms with Crippen LogP contribution in [0.4, 0.5) is 0 Å². The average molecular weight is 260 g/mol. The minimum Gasteiger partial charge on any atom is -0.494 e. The zero-order valence-electron chi connectivity index (χ0n) is 10.2. The van der Waals surface area contributed by atoms with E-state index in [9.17, 15) is 4.79 Å². The summed E-state index contributed by atoms with van der Waals surface area (Å²) >= 11 is 0. The van der Waals surface area contributed by atoms with Crippen LogP contribution in [-0.4, -0.2) is 27.9 Å². The summed E-state index contributed by atoms with van der Waals surface area (Å²) in [5, 5.41) is 16.3. The second-order valence-corrected chi connectivity index (χ2v) is 3.57. The van der Waals surface area contributed by atoms with Gasteiger partial charge in [-0.15, -0.1) is 5.10 Å². The predicted molar refractivity (Wildman–Crippen MR) is 66.7 cm³/mol. The van der Waals surface area contributed by atoms with Gasteiger partial charge in [-0.25, -0.2) is 4.79 Å². The van der Waals surface area contributed by atoms with Crippen LogP contribution in [0, 0.1) is 0 Å². The monoisotopic (exact) mass is 260 g/mol. The van der Waals surface area contributed by atoms with Gasteiger partial charge in [-0.1, -0.05) is 6.07 Å². The molecular formula is C13H12N2O4. The molecule has 1 aromatic carbocycles. The van der Waals surface area contributed by atoms with Crippen molar-refractivity contribution in [3.63, 3.8) is 0 Å². The lowest BCUT2D eigenvalue weighted by Crippen LogP contribution is -2.03. The van der Waals surface area contributed by atoms with Gasteiger partial charge in [0, 0.05) is 6.07 Å². The van der Waals surface area contributed by atoms with E-state index in [1.165, 1.54) is 12.3 Å². The van der Waals surface area contributed by atoms with Crippen LogP contribution < -0.4 is 9.47 Å². The number of aromatic carboxylic acids is 1. The molecule has 0 aliphatic carbocycles. The third-order valence-corrected chi connectivity index (χ3v) is 2.25. The number of nitrogens with zero attached hydrogens (tertiary/aromatic N) is 2. The van der Waals surface area contributed by atoms with Crippen molar-refractivity contribution < 1.29 is 19.4 Å². The molecule has 0 aliphatic rings. The Balaban J connectivity index is 2.26. The molecule has 2 rings (SSSR count). The number of benzene rings is 1. The SMILES string of the molecule is CCOc1cccc(Oc2nnccc2C(=O)O)c1. The van der Waals surface area contributed by atoms with Crippen molar-refractivity contribution in [3.8, 4) is 17.4 Å². The van der Waals surface area contributed by atoms with Gasteiger partial charge in [-0.2, -0.15) is 5.10 Å². The van der Waals surface area contributed by atoms with Gasteiger partial charge in [0.15, 0.2) is 0 Å². The smallest absolute Gasteiger partial charge is 0.341 e. The van der Waals surface area contributed by atoms with E-state index < -0.39 is 5.97 Å². The first-order valence-corrected chi connectivity index (χ1v) is 5.66. The number of rotatable bonds is 5. The lowest BCUT2D eigenvalue weighted by molar-refractivity contribution is 0.0693. The first-order chi connectivity index (χ1) is 9.20. The number of ether oxygens (including phenoxy) is 2. The molecule has 0 unspecified atom stereocenters. The summed E-state index contributed by atoms with van der Waals surface area (Å²) in [6.07, 6.45) is 1.30. The molecule has 19 heavy (non-hydrogen) atoms. The number of carboxylic acid groups (broad SMARTS) is 1.